The van der Waals surface area contributed by atoms with E-state index in [-0.39, 0.29) is 23.5 Å². The van der Waals surface area contributed by atoms with Gasteiger partial charge in [-0.3, -0.25) is 4.79 Å². The summed E-state index contributed by atoms with van der Waals surface area (Å²) in [5.41, 5.74) is -0.207. The molecule has 0 unspecified atom stereocenters. The fourth-order valence-electron chi connectivity index (χ4n) is 2.14. The van der Waals surface area contributed by atoms with Crippen molar-refractivity contribution in [2.45, 2.75) is 58.9 Å². The van der Waals surface area contributed by atoms with Crippen molar-refractivity contribution in [3.8, 4) is 0 Å². The molecule has 1 aliphatic heterocycles. The molecule has 5 heteroatoms. The molecule has 0 aromatic carbocycles. The topological polar surface area (TPSA) is 58.6 Å². The first-order chi connectivity index (χ1) is 9.38. The Hall–Kier alpha value is -1.26. The number of nitrogens with zero attached hydrogens (tertiary/aromatic N) is 1. The first-order valence-corrected chi connectivity index (χ1v) is 7.61. The summed E-state index contributed by atoms with van der Waals surface area (Å²) in [6.45, 7) is 9.66. The van der Waals surface area contributed by atoms with Crippen LogP contribution >= 0.6 is 0 Å². The van der Waals surface area contributed by atoms with E-state index in [0.717, 1.165) is 25.7 Å². The number of carbonyl (C=O) groups excluding carboxylic acids is 2. The molecule has 0 spiro atoms. The van der Waals surface area contributed by atoms with Gasteiger partial charge in [0.25, 0.3) is 0 Å². The van der Waals surface area contributed by atoms with Crippen molar-refractivity contribution in [3.05, 3.63) is 0 Å². The minimum absolute atomic E-state index is 0.0103. The summed E-state index contributed by atoms with van der Waals surface area (Å²) in [6.07, 6.45) is 3.24. The molecule has 1 aliphatic rings. The molecule has 0 aromatic heterocycles. The molecule has 0 atom stereocenters. The predicted molar refractivity (Wildman–Crippen MR) is 78.4 cm³/mol. The minimum Gasteiger partial charge on any atom is -0.449 e. The van der Waals surface area contributed by atoms with Crippen molar-refractivity contribution in [1.82, 2.24) is 10.2 Å². The maximum Gasteiger partial charge on any atom is 0.409 e. The van der Waals surface area contributed by atoms with Crippen LogP contribution in [-0.4, -0.2) is 42.1 Å². The number of hydrogen-bond donors (Lipinski definition) is 1. The van der Waals surface area contributed by atoms with Gasteiger partial charge in [-0.25, -0.2) is 4.79 Å². The molecule has 2 amide bonds. The van der Waals surface area contributed by atoms with E-state index in [4.69, 9.17) is 4.74 Å². The second-order valence-corrected chi connectivity index (χ2v) is 6.16. The highest BCUT2D eigenvalue weighted by molar-refractivity contribution is 5.78. The highest BCUT2D eigenvalue weighted by atomic mass is 16.6. The lowest BCUT2D eigenvalue weighted by Gasteiger charge is -2.39. The van der Waals surface area contributed by atoms with Crippen LogP contribution in [0.2, 0.25) is 0 Å². The molecule has 1 rings (SSSR count). The number of nitrogens with one attached hydrogen (secondary N) is 1. The number of carbonyl (C=O) groups is 2. The van der Waals surface area contributed by atoms with E-state index in [0.29, 0.717) is 19.7 Å². The number of ether oxygens (including phenoxy) is 1. The normalized spacial score (nSPS) is 17.9. The lowest BCUT2D eigenvalue weighted by atomic mass is 9.89. The molecule has 0 radical (unpaired) electrons. The Bertz CT molecular complexity index is 334. The van der Waals surface area contributed by atoms with Gasteiger partial charge in [0.05, 0.1) is 6.61 Å². The number of hydrogen-bond acceptors (Lipinski definition) is 3. The molecule has 20 heavy (non-hydrogen) atoms. The van der Waals surface area contributed by atoms with Crippen LogP contribution in [0.5, 0.6) is 0 Å². The summed E-state index contributed by atoms with van der Waals surface area (Å²) in [6, 6.07) is 0. The Morgan fingerprint density at radius 2 is 1.90 bits per heavy atom. The Balaban J connectivity index is 2.38. The van der Waals surface area contributed by atoms with E-state index in [9.17, 15) is 9.59 Å². The number of rotatable bonds is 5. The zero-order valence-electron chi connectivity index (χ0n) is 13.2. The lowest BCUT2D eigenvalue weighted by Crippen LogP contribution is -2.55. The molecule has 0 saturated carbocycles. The molecular weight excluding hydrogens is 256 g/mol. The smallest absolute Gasteiger partial charge is 0.409 e. The summed E-state index contributed by atoms with van der Waals surface area (Å²) >= 11 is 0. The van der Waals surface area contributed by atoms with Crippen LogP contribution < -0.4 is 5.32 Å². The Labute approximate surface area is 122 Å². The summed E-state index contributed by atoms with van der Waals surface area (Å²) < 4.78 is 5.21. The van der Waals surface area contributed by atoms with Gasteiger partial charge >= 0.3 is 6.09 Å². The Morgan fingerprint density at radius 3 is 2.40 bits per heavy atom. The predicted octanol–water partition coefficient (Wildman–Crippen LogP) is 2.55. The average Bonchev–Trinajstić information content (AvgIpc) is 2.39. The fraction of sp³-hybridized carbons (Fsp3) is 0.867. The van der Waals surface area contributed by atoms with Crippen LogP contribution in [-0.2, 0) is 9.53 Å². The van der Waals surface area contributed by atoms with Crippen molar-refractivity contribution in [1.29, 1.82) is 0 Å². The first-order valence-electron chi connectivity index (χ1n) is 7.61. The third-order valence-electron chi connectivity index (χ3n) is 3.80. The number of unbranched alkanes of at least 4 members (excludes halogenated alkanes) is 1. The van der Waals surface area contributed by atoms with E-state index in [1.807, 2.05) is 20.8 Å². The van der Waals surface area contributed by atoms with Gasteiger partial charge in [-0.15, -0.1) is 0 Å². The average molecular weight is 284 g/mol. The molecule has 1 N–H and O–H groups in total. The highest BCUT2D eigenvalue weighted by Crippen LogP contribution is 2.22. The minimum atomic E-state index is -0.226. The Morgan fingerprint density at radius 1 is 1.30 bits per heavy atom. The van der Waals surface area contributed by atoms with Crippen molar-refractivity contribution in [3.63, 3.8) is 0 Å². The largest absolute Gasteiger partial charge is 0.449 e. The van der Waals surface area contributed by atoms with Crippen LogP contribution in [0.15, 0.2) is 0 Å². The standard InChI is InChI=1S/C15H28N2O3/c1-5-6-11-20-14(19)17-9-7-15(4,8-10-17)16-13(18)12(2)3/h12H,5-11H2,1-4H3,(H,16,18). The SMILES string of the molecule is CCCCOC(=O)N1CCC(C)(NC(=O)C(C)C)CC1. The van der Waals surface area contributed by atoms with Crippen LogP contribution in [0, 0.1) is 5.92 Å². The highest BCUT2D eigenvalue weighted by Gasteiger charge is 2.33. The summed E-state index contributed by atoms with van der Waals surface area (Å²) in [5, 5.41) is 3.09. The molecule has 116 valence electrons. The van der Waals surface area contributed by atoms with E-state index in [1.54, 1.807) is 4.90 Å². The molecule has 1 heterocycles. The van der Waals surface area contributed by atoms with Crippen LogP contribution in [0.3, 0.4) is 0 Å². The molecule has 0 bridgehead atoms. The van der Waals surface area contributed by atoms with Gasteiger partial charge in [0.15, 0.2) is 0 Å². The van der Waals surface area contributed by atoms with Gasteiger partial charge in [-0.05, 0) is 26.2 Å². The zero-order chi connectivity index (χ0) is 15.2. The first kappa shape index (κ1) is 16.8. The molecular formula is C15H28N2O3. The molecule has 0 aliphatic carbocycles. The van der Waals surface area contributed by atoms with E-state index >= 15 is 0 Å². The van der Waals surface area contributed by atoms with E-state index < -0.39 is 0 Å². The summed E-state index contributed by atoms with van der Waals surface area (Å²) in [5.74, 6) is 0.0651. The van der Waals surface area contributed by atoms with Gasteiger partial charge in [0.2, 0.25) is 5.91 Å². The second kappa shape index (κ2) is 7.50. The second-order valence-electron chi connectivity index (χ2n) is 6.16. The van der Waals surface area contributed by atoms with Crippen molar-refractivity contribution in [2.24, 2.45) is 5.92 Å². The maximum atomic E-state index is 11.8. The van der Waals surface area contributed by atoms with Gasteiger partial charge in [-0.1, -0.05) is 27.2 Å². The van der Waals surface area contributed by atoms with Crippen molar-refractivity contribution < 1.29 is 14.3 Å². The van der Waals surface area contributed by atoms with Crippen LogP contribution in [0.25, 0.3) is 0 Å². The zero-order valence-corrected chi connectivity index (χ0v) is 13.2. The lowest BCUT2D eigenvalue weighted by molar-refractivity contribution is -0.126. The Kier molecular flexibility index (Phi) is 6.30. The van der Waals surface area contributed by atoms with Crippen molar-refractivity contribution >= 4 is 12.0 Å². The van der Waals surface area contributed by atoms with Gasteiger partial charge in [0.1, 0.15) is 0 Å². The van der Waals surface area contributed by atoms with E-state index in [2.05, 4.69) is 12.2 Å². The van der Waals surface area contributed by atoms with Gasteiger partial charge < -0.3 is 15.0 Å². The quantitative estimate of drug-likeness (QED) is 0.789. The third kappa shape index (κ3) is 5.02. The number of amides is 2. The number of likely N-dealkylation sites (tertiary alicyclic amines) is 1. The summed E-state index contributed by atoms with van der Waals surface area (Å²) in [4.78, 5) is 25.4. The van der Waals surface area contributed by atoms with Gasteiger partial charge in [-0.2, -0.15) is 0 Å². The number of piperidine rings is 1. The van der Waals surface area contributed by atoms with E-state index in [1.165, 1.54) is 0 Å². The molecule has 1 saturated heterocycles. The molecule has 0 aromatic rings. The van der Waals surface area contributed by atoms with Crippen LogP contribution in [0.1, 0.15) is 53.4 Å². The van der Waals surface area contributed by atoms with Crippen molar-refractivity contribution in [2.75, 3.05) is 19.7 Å². The fourth-order valence-corrected chi connectivity index (χ4v) is 2.14. The molecule has 1 fully saturated rings. The third-order valence-corrected chi connectivity index (χ3v) is 3.80. The molecule has 5 nitrogen and oxygen atoms in total. The maximum absolute atomic E-state index is 11.8. The monoisotopic (exact) mass is 284 g/mol. The van der Waals surface area contributed by atoms with Gasteiger partial charge in [0, 0.05) is 24.5 Å². The van der Waals surface area contributed by atoms with Crippen LogP contribution in [0.4, 0.5) is 4.79 Å². The summed E-state index contributed by atoms with van der Waals surface area (Å²) in [7, 11) is 0.